The Labute approximate surface area is 177 Å². The van der Waals surface area contributed by atoms with Gasteiger partial charge in [-0.3, -0.25) is 9.69 Å². The Kier molecular flexibility index (Phi) is 5.35. The first kappa shape index (κ1) is 19.4. The maximum absolute atomic E-state index is 12.6. The van der Waals surface area contributed by atoms with Gasteiger partial charge < -0.3 is 19.5 Å². The summed E-state index contributed by atoms with van der Waals surface area (Å²) in [6.45, 7) is 4.33. The van der Waals surface area contributed by atoms with Crippen LogP contribution in [0.2, 0.25) is 0 Å². The molecule has 0 aromatic heterocycles. The van der Waals surface area contributed by atoms with Gasteiger partial charge in [-0.25, -0.2) is 0 Å². The van der Waals surface area contributed by atoms with Crippen molar-refractivity contribution in [1.82, 2.24) is 9.80 Å². The number of nitrogens with zero attached hydrogens (tertiary/aromatic N) is 2. The number of fused-ring (bicyclic) bond motifs is 2. The third-order valence-electron chi connectivity index (χ3n) is 6.49. The number of phenols is 1. The fourth-order valence-electron chi connectivity index (χ4n) is 4.87. The molecule has 2 fully saturated rings. The van der Waals surface area contributed by atoms with E-state index in [0.29, 0.717) is 6.54 Å². The second kappa shape index (κ2) is 8.28. The van der Waals surface area contributed by atoms with Gasteiger partial charge in [-0.1, -0.05) is 24.3 Å². The van der Waals surface area contributed by atoms with E-state index in [1.165, 1.54) is 11.1 Å². The lowest BCUT2D eigenvalue weighted by molar-refractivity contribution is -0.158. The van der Waals surface area contributed by atoms with Crippen LogP contribution in [0.4, 0.5) is 0 Å². The quantitative estimate of drug-likeness (QED) is 0.843. The largest absolute Gasteiger partial charge is 0.508 e. The van der Waals surface area contributed by atoms with Crippen molar-refractivity contribution in [3.8, 4) is 11.5 Å². The summed E-state index contributed by atoms with van der Waals surface area (Å²) in [5.74, 6) is 1.32. The van der Waals surface area contributed by atoms with Gasteiger partial charge in [-0.15, -0.1) is 0 Å². The molecule has 2 saturated heterocycles. The van der Waals surface area contributed by atoms with E-state index in [0.717, 1.165) is 56.8 Å². The number of rotatable bonds is 4. The first-order chi connectivity index (χ1) is 14.7. The summed E-state index contributed by atoms with van der Waals surface area (Å²) < 4.78 is 11.6. The van der Waals surface area contributed by atoms with Gasteiger partial charge in [0.1, 0.15) is 18.1 Å². The molecular formula is C24H28N2O4. The van der Waals surface area contributed by atoms with Crippen molar-refractivity contribution in [2.45, 2.75) is 44.5 Å². The second-order valence-electron chi connectivity index (χ2n) is 8.50. The third kappa shape index (κ3) is 4.02. The van der Waals surface area contributed by atoms with Crippen LogP contribution in [0.15, 0.2) is 42.5 Å². The van der Waals surface area contributed by atoms with Gasteiger partial charge in [-0.05, 0) is 47.7 Å². The minimum Gasteiger partial charge on any atom is -0.508 e. The topological polar surface area (TPSA) is 62.2 Å². The molecule has 2 aromatic carbocycles. The number of benzene rings is 2. The van der Waals surface area contributed by atoms with E-state index >= 15 is 0 Å². The van der Waals surface area contributed by atoms with Crippen molar-refractivity contribution in [3.63, 3.8) is 0 Å². The van der Waals surface area contributed by atoms with E-state index in [1.807, 2.05) is 17.0 Å². The minimum absolute atomic E-state index is 0.0522. The Balaban J connectivity index is 1.26. The molecule has 6 nitrogen and oxygen atoms in total. The first-order valence-electron chi connectivity index (χ1n) is 10.8. The van der Waals surface area contributed by atoms with Crippen molar-refractivity contribution in [2.75, 3.05) is 26.3 Å². The molecule has 0 saturated carbocycles. The summed E-state index contributed by atoms with van der Waals surface area (Å²) in [7, 11) is 0. The molecule has 1 amide bonds. The van der Waals surface area contributed by atoms with Crippen molar-refractivity contribution in [2.24, 2.45) is 0 Å². The molecule has 0 radical (unpaired) electrons. The smallest absolute Gasteiger partial charge is 0.249 e. The van der Waals surface area contributed by atoms with Gasteiger partial charge in [0.2, 0.25) is 5.91 Å². The molecule has 2 atom stereocenters. The predicted molar refractivity (Wildman–Crippen MR) is 112 cm³/mol. The fraction of sp³-hybridized carbons (Fsp3) is 0.458. The molecule has 3 aliphatic heterocycles. The van der Waals surface area contributed by atoms with Crippen LogP contribution in [0.3, 0.4) is 0 Å². The Morgan fingerprint density at radius 3 is 2.67 bits per heavy atom. The summed E-state index contributed by atoms with van der Waals surface area (Å²) >= 11 is 0. The Hall–Kier alpha value is -2.57. The molecular weight excluding hydrogens is 380 g/mol. The van der Waals surface area contributed by atoms with E-state index in [9.17, 15) is 9.90 Å². The lowest BCUT2D eigenvalue weighted by Gasteiger charge is -2.40. The highest BCUT2D eigenvalue weighted by Gasteiger charge is 2.38. The molecule has 0 aliphatic carbocycles. The molecule has 2 aromatic rings. The lowest BCUT2D eigenvalue weighted by Crippen LogP contribution is -2.53. The monoisotopic (exact) mass is 408 g/mol. The van der Waals surface area contributed by atoms with E-state index in [1.54, 1.807) is 12.1 Å². The average Bonchev–Trinajstić information content (AvgIpc) is 3.12. The minimum atomic E-state index is 0.0522. The van der Waals surface area contributed by atoms with Crippen LogP contribution in [0.5, 0.6) is 11.5 Å². The first-order valence-corrected chi connectivity index (χ1v) is 10.8. The number of phenolic OH excluding ortho intramolecular Hbond substituents is 1. The molecule has 5 rings (SSSR count). The Morgan fingerprint density at radius 2 is 1.80 bits per heavy atom. The number of carbonyl (C=O) groups is 1. The second-order valence-corrected chi connectivity index (χ2v) is 8.50. The Bertz CT molecular complexity index is 914. The van der Waals surface area contributed by atoms with Gasteiger partial charge in [0.25, 0.3) is 0 Å². The standard InChI is InChI=1S/C24H28N2O4/c27-20-4-1-17(2-5-20)15-26-21-7-10-25(11-8-23(21)30-16-24(26)28)14-18-3-6-22-19(13-18)9-12-29-22/h1-6,13,21,23,27H,7-12,14-16H2/t21-,23-/m0/s1. The number of hydrogen-bond donors (Lipinski definition) is 1. The molecule has 30 heavy (non-hydrogen) atoms. The molecule has 0 bridgehead atoms. The third-order valence-corrected chi connectivity index (χ3v) is 6.49. The molecule has 158 valence electrons. The summed E-state index contributed by atoms with van der Waals surface area (Å²) in [4.78, 5) is 17.1. The number of carbonyl (C=O) groups excluding carboxylic acids is 1. The zero-order valence-electron chi connectivity index (χ0n) is 17.1. The lowest BCUT2D eigenvalue weighted by atomic mass is 10.0. The van der Waals surface area contributed by atoms with Crippen LogP contribution in [-0.2, 0) is 29.0 Å². The highest BCUT2D eigenvalue weighted by molar-refractivity contribution is 5.78. The van der Waals surface area contributed by atoms with Gasteiger partial charge in [0.05, 0.1) is 18.8 Å². The Morgan fingerprint density at radius 1 is 1.00 bits per heavy atom. The van der Waals surface area contributed by atoms with Gasteiger partial charge in [0.15, 0.2) is 0 Å². The van der Waals surface area contributed by atoms with E-state index < -0.39 is 0 Å². The van der Waals surface area contributed by atoms with Crippen LogP contribution in [0, 0.1) is 0 Å². The highest BCUT2D eigenvalue weighted by atomic mass is 16.5. The van der Waals surface area contributed by atoms with Crippen molar-refractivity contribution in [1.29, 1.82) is 0 Å². The molecule has 3 aliphatic rings. The number of likely N-dealkylation sites (tertiary alicyclic amines) is 1. The van der Waals surface area contributed by atoms with Crippen LogP contribution in [0.1, 0.15) is 29.5 Å². The molecule has 3 heterocycles. The van der Waals surface area contributed by atoms with Gasteiger partial charge >= 0.3 is 0 Å². The number of amides is 1. The number of aromatic hydroxyl groups is 1. The summed E-state index contributed by atoms with van der Waals surface area (Å²) in [5, 5.41) is 9.53. The SMILES string of the molecule is O=C1CO[C@H]2CCN(Cc3ccc4c(c3)CCO4)CC[C@@H]2N1Cc1ccc(O)cc1. The van der Waals surface area contributed by atoms with E-state index in [2.05, 4.69) is 23.1 Å². The van der Waals surface area contributed by atoms with Crippen LogP contribution >= 0.6 is 0 Å². The van der Waals surface area contributed by atoms with Crippen molar-refractivity contribution >= 4 is 5.91 Å². The predicted octanol–water partition coefficient (Wildman–Crippen LogP) is 2.72. The highest BCUT2D eigenvalue weighted by Crippen LogP contribution is 2.29. The number of hydrogen-bond acceptors (Lipinski definition) is 5. The average molecular weight is 408 g/mol. The zero-order chi connectivity index (χ0) is 20.5. The maximum Gasteiger partial charge on any atom is 0.249 e. The van der Waals surface area contributed by atoms with E-state index in [4.69, 9.17) is 9.47 Å². The normalized spacial score (nSPS) is 24.1. The molecule has 1 N–H and O–H groups in total. The zero-order valence-corrected chi connectivity index (χ0v) is 17.1. The van der Waals surface area contributed by atoms with Crippen LogP contribution in [0.25, 0.3) is 0 Å². The summed E-state index contributed by atoms with van der Waals surface area (Å²) in [6.07, 6.45) is 2.91. The number of morpholine rings is 1. The van der Waals surface area contributed by atoms with Crippen molar-refractivity contribution in [3.05, 3.63) is 59.2 Å². The number of ether oxygens (including phenoxy) is 2. The van der Waals surface area contributed by atoms with Crippen LogP contribution < -0.4 is 4.74 Å². The summed E-state index contributed by atoms with van der Waals surface area (Å²) in [6, 6.07) is 13.7. The van der Waals surface area contributed by atoms with Crippen molar-refractivity contribution < 1.29 is 19.4 Å². The molecule has 6 heteroatoms. The van der Waals surface area contributed by atoms with E-state index in [-0.39, 0.29) is 30.4 Å². The fourth-order valence-corrected chi connectivity index (χ4v) is 4.87. The maximum atomic E-state index is 12.6. The van der Waals surface area contributed by atoms with Crippen LogP contribution in [-0.4, -0.2) is 59.3 Å². The van der Waals surface area contributed by atoms with Gasteiger partial charge in [-0.2, -0.15) is 0 Å². The summed E-state index contributed by atoms with van der Waals surface area (Å²) in [5.41, 5.74) is 3.66. The molecule has 0 unspecified atom stereocenters. The molecule has 0 spiro atoms. The van der Waals surface area contributed by atoms with Gasteiger partial charge in [0, 0.05) is 32.6 Å².